The molecule has 3 aromatic carbocycles. The zero-order valence-electron chi connectivity index (χ0n) is 17.0. The molecular weight excluding hydrogens is 358 g/mol. The van der Waals surface area contributed by atoms with Crippen molar-refractivity contribution in [3.63, 3.8) is 0 Å². The van der Waals surface area contributed by atoms with Gasteiger partial charge in [0.15, 0.2) is 5.84 Å². The number of rotatable bonds is 3. The van der Waals surface area contributed by atoms with Gasteiger partial charge in [-0.05, 0) is 83.3 Å². The van der Waals surface area contributed by atoms with E-state index in [9.17, 15) is 0 Å². The van der Waals surface area contributed by atoms with Crippen LogP contribution in [0.4, 0.5) is 0 Å². The fourth-order valence-electron chi connectivity index (χ4n) is 4.88. The van der Waals surface area contributed by atoms with Gasteiger partial charge >= 0.3 is 0 Å². The summed E-state index contributed by atoms with van der Waals surface area (Å²) in [5.41, 5.74) is 13.7. The van der Waals surface area contributed by atoms with Crippen LogP contribution < -0.4 is 5.73 Å². The standard InChI is InChI=1S/C25H27N3O/c1-15-9-21(11-17-3-5-19(12-22(15)17)25(26)27-29)24-13-23(24)18-4-6-20-14-28(2)8-7-16(20)10-18/h3-6,9-12,23-24,29H,7-8,13-14H2,1-2H3,(H2,26,27). The minimum atomic E-state index is 0.149. The Labute approximate surface area is 171 Å². The normalized spacial score (nSPS) is 21.9. The number of amidine groups is 1. The Kier molecular flexibility index (Phi) is 4.32. The van der Waals surface area contributed by atoms with Crippen molar-refractivity contribution in [2.24, 2.45) is 10.9 Å². The van der Waals surface area contributed by atoms with Gasteiger partial charge in [0, 0.05) is 18.7 Å². The second-order valence-electron chi connectivity index (χ2n) is 8.72. The summed E-state index contributed by atoms with van der Waals surface area (Å²) in [5, 5.41) is 14.4. The minimum Gasteiger partial charge on any atom is -0.409 e. The number of benzene rings is 3. The van der Waals surface area contributed by atoms with E-state index in [2.05, 4.69) is 60.4 Å². The summed E-state index contributed by atoms with van der Waals surface area (Å²) in [4.78, 5) is 2.39. The smallest absolute Gasteiger partial charge is 0.170 e. The van der Waals surface area contributed by atoms with Crippen molar-refractivity contribution in [2.45, 2.75) is 38.1 Å². The molecule has 1 saturated carbocycles. The van der Waals surface area contributed by atoms with Gasteiger partial charge in [0.2, 0.25) is 0 Å². The lowest BCUT2D eigenvalue weighted by Gasteiger charge is -2.25. The highest BCUT2D eigenvalue weighted by Gasteiger charge is 2.40. The van der Waals surface area contributed by atoms with Crippen LogP contribution in [0.15, 0.2) is 53.7 Å². The van der Waals surface area contributed by atoms with Gasteiger partial charge in [0.25, 0.3) is 0 Å². The van der Waals surface area contributed by atoms with Crippen molar-refractivity contribution in [1.29, 1.82) is 0 Å². The van der Waals surface area contributed by atoms with E-state index in [0.717, 1.165) is 30.5 Å². The Morgan fingerprint density at radius 1 is 1.03 bits per heavy atom. The first-order valence-corrected chi connectivity index (χ1v) is 10.4. The van der Waals surface area contributed by atoms with Gasteiger partial charge in [-0.3, -0.25) is 0 Å². The number of hydrogen-bond donors (Lipinski definition) is 2. The lowest BCUT2D eigenvalue weighted by Crippen LogP contribution is -2.26. The molecule has 2 unspecified atom stereocenters. The third-order valence-electron chi connectivity index (χ3n) is 6.67. The Hall–Kier alpha value is -2.85. The maximum Gasteiger partial charge on any atom is 0.170 e. The largest absolute Gasteiger partial charge is 0.409 e. The van der Waals surface area contributed by atoms with Crippen molar-refractivity contribution in [2.75, 3.05) is 13.6 Å². The second-order valence-corrected chi connectivity index (χ2v) is 8.72. The number of fused-ring (bicyclic) bond motifs is 2. The average molecular weight is 386 g/mol. The van der Waals surface area contributed by atoms with E-state index in [1.165, 1.54) is 39.6 Å². The molecule has 1 aliphatic heterocycles. The molecule has 1 aliphatic carbocycles. The maximum atomic E-state index is 8.94. The number of hydrogen-bond acceptors (Lipinski definition) is 3. The summed E-state index contributed by atoms with van der Waals surface area (Å²) in [6.07, 6.45) is 2.39. The van der Waals surface area contributed by atoms with Gasteiger partial charge in [-0.15, -0.1) is 0 Å². The predicted molar refractivity (Wildman–Crippen MR) is 118 cm³/mol. The van der Waals surface area contributed by atoms with Crippen molar-refractivity contribution in [3.05, 3.63) is 81.9 Å². The molecule has 1 fully saturated rings. The van der Waals surface area contributed by atoms with Crippen molar-refractivity contribution in [3.8, 4) is 0 Å². The fraction of sp³-hybridized carbons (Fsp3) is 0.320. The molecule has 148 valence electrons. The molecule has 0 spiro atoms. The van der Waals surface area contributed by atoms with E-state index in [1.54, 1.807) is 0 Å². The molecule has 29 heavy (non-hydrogen) atoms. The maximum absolute atomic E-state index is 8.94. The van der Waals surface area contributed by atoms with Crippen LogP contribution in [-0.4, -0.2) is 29.5 Å². The first-order valence-electron chi connectivity index (χ1n) is 10.4. The van der Waals surface area contributed by atoms with Crippen LogP contribution >= 0.6 is 0 Å². The summed E-state index contributed by atoms with van der Waals surface area (Å²) in [6, 6.07) is 17.8. The Morgan fingerprint density at radius 3 is 2.69 bits per heavy atom. The third-order valence-corrected chi connectivity index (χ3v) is 6.67. The molecule has 0 bridgehead atoms. The molecule has 0 aromatic heterocycles. The second kappa shape index (κ2) is 6.89. The monoisotopic (exact) mass is 385 g/mol. The summed E-state index contributed by atoms with van der Waals surface area (Å²) in [6.45, 7) is 4.37. The molecule has 0 saturated heterocycles. The van der Waals surface area contributed by atoms with E-state index in [4.69, 9.17) is 10.9 Å². The lowest BCUT2D eigenvalue weighted by atomic mass is 9.93. The van der Waals surface area contributed by atoms with Gasteiger partial charge in [0.05, 0.1) is 0 Å². The highest BCUT2D eigenvalue weighted by Crippen LogP contribution is 2.55. The van der Waals surface area contributed by atoms with Crippen LogP contribution in [0.2, 0.25) is 0 Å². The number of likely N-dealkylation sites (N-methyl/N-ethyl adjacent to an activating group) is 1. The van der Waals surface area contributed by atoms with Crippen LogP contribution in [0.25, 0.3) is 10.8 Å². The fourth-order valence-corrected chi connectivity index (χ4v) is 4.88. The Bertz CT molecular complexity index is 1130. The molecule has 2 atom stereocenters. The molecular formula is C25H27N3O. The van der Waals surface area contributed by atoms with E-state index < -0.39 is 0 Å². The van der Waals surface area contributed by atoms with Gasteiger partial charge in [-0.1, -0.05) is 47.6 Å². The molecule has 3 aromatic rings. The highest BCUT2D eigenvalue weighted by molar-refractivity contribution is 6.01. The van der Waals surface area contributed by atoms with Crippen molar-refractivity contribution >= 4 is 16.6 Å². The average Bonchev–Trinajstić information content (AvgIpc) is 3.53. The van der Waals surface area contributed by atoms with E-state index >= 15 is 0 Å². The number of nitrogens with zero attached hydrogens (tertiary/aromatic N) is 2. The minimum absolute atomic E-state index is 0.149. The van der Waals surface area contributed by atoms with Crippen LogP contribution in [0.5, 0.6) is 0 Å². The first kappa shape index (κ1) is 18.2. The SMILES string of the molecule is Cc1cc(C2CC2c2ccc3c(c2)CCN(C)C3)cc2ccc(/C(N)=N/O)cc12. The van der Waals surface area contributed by atoms with Gasteiger partial charge < -0.3 is 15.8 Å². The lowest BCUT2D eigenvalue weighted by molar-refractivity contribution is 0.313. The van der Waals surface area contributed by atoms with Crippen LogP contribution in [0.1, 0.15) is 51.6 Å². The van der Waals surface area contributed by atoms with Crippen LogP contribution in [-0.2, 0) is 13.0 Å². The summed E-state index contributed by atoms with van der Waals surface area (Å²) < 4.78 is 0. The molecule has 0 radical (unpaired) electrons. The first-order chi connectivity index (χ1) is 14.0. The van der Waals surface area contributed by atoms with Crippen molar-refractivity contribution < 1.29 is 5.21 Å². The third kappa shape index (κ3) is 3.28. The van der Waals surface area contributed by atoms with Gasteiger partial charge in [0.1, 0.15) is 0 Å². The topological polar surface area (TPSA) is 61.8 Å². The molecule has 4 heteroatoms. The van der Waals surface area contributed by atoms with Crippen molar-refractivity contribution in [1.82, 2.24) is 4.90 Å². The van der Waals surface area contributed by atoms with Crippen LogP contribution in [0, 0.1) is 6.92 Å². The molecule has 5 rings (SSSR count). The Morgan fingerprint density at radius 2 is 1.86 bits per heavy atom. The van der Waals surface area contributed by atoms with E-state index in [0.29, 0.717) is 11.8 Å². The predicted octanol–water partition coefficient (Wildman–Crippen LogP) is 4.50. The summed E-state index contributed by atoms with van der Waals surface area (Å²) in [7, 11) is 2.20. The molecule has 4 nitrogen and oxygen atoms in total. The quantitative estimate of drug-likeness (QED) is 0.302. The molecule has 1 heterocycles. The number of aryl methyl sites for hydroxylation is 1. The summed E-state index contributed by atoms with van der Waals surface area (Å²) >= 11 is 0. The molecule has 0 amide bonds. The number of nitrogens with two attached hydrogens (primary N) is 1. The molecule has 3 N–H and O–H groups in total. The zero-order chi connectivity index (χ0) is 20.1. The summed E-state index contributed by atoms with van der Waals surface area (Å²) in [5.74, 6) is 1.38. The molecule has 2 aliphatic rings. The zero-order valence-corrected chi connectivity index (χ0v) is 17.0. The van der Waals surface area contributed by atoms with Gasteiger partial charge in [-0.25, -0.2) is 0 Å². The van der Waals surface area contributed by atoms with E-state index in [1.807, 2.05) is 12.1 Å². The number of oxime groups is 1. The van der Waals surface area contributed by atoms with Crippen LogP contribution in [0.3, 0.4) is 0 Å². The highest BCUT2D eigenvalue weighted by atomic mass is 16.4. The Balaban J connectivity index is 1.42. The van der Waals surface area contributed by atoms with E-state index in [-0.39, 0.29) is 5.84 Å². The van der Waals surface area contributed by atoms with Gasteiger partial charge in [-0.2, -0.15) is 0 Å².